The van der Waals surface area contributed by atoms with Crippen LogP contribution in [0.2, 0.25) is 0 Å². The van der Waals surface area contributed by atoms with E-state index in [4.69, 9.17) is 4.74 Å². The lowest BCUT2D eigenvalue weighted by molar-refractivity contribution is 0.412. The first-order valence-electron chi connectivity index (χ1n) is 5.36. The minimum atomic E-state index is -0.304. The smallest absolute Gasteiger partial charge is 0.292 e. The third kappa shape index (κ3) is 1.55. The van der Waals surface area contributed by atoms with Crippen LogP contribution in [0.4, 0.5) is 0 Å². The Labute approximate surface area is 102 Å². The van der Waals surface area contributed by atoms with Gasteiger partial charge in [0.1, 0.15) is 11.4 Å². The van der Waals surface area contributed by atoms with Gasteiger partial charge in [-0.1, -0.05) is 12.1 Å². The third-order valence-corrected chi connectivity index (χ3v) is 2.66. The maximum atomic E-state index is 11.6. The maximum absolute atomic E-state index is 11.6. The molecule has 6 heteroatoms. The van der Waals surface area contributed by atoms with E-state index in [0.29, 0.717) is 16.7 Å². The van der Waals surface area contributed by atoms with E-state index in [1.807, 2.05) is 24.3 Å². The quantitative estimate of drug-likeness (QED) is 0.730. The van der Waals surface area contributed by atoms with E-state index in [-0.39, 0.29) is 5.56 Å². The van der Waals surface area contributed by atoms with E-state index in [1.165, 1.54) is 0 Å². The Balaban J connectivity index is 2.26. The Kier molecular flexibility index (Phi) is 2.33. The molecular formula is C12H10N4O2. The predicted molar refractivity (Wildman–Crippen MR) is 66.0 cm³/mol. The highest BCUT2D eigenvalue weighted by Crippen LogP contribution is 2.22. The van der Waals surface area contributed by atoms with Crippen molar-refractivity contribution in [2.24, 2.45) is 0 Å². The molecule has 0 spiro atoms. The van der Waals surface area contributed by atoms with E-state index in [9.17, 15) is 4.79 Å². The van der Waals surface area contributed by atoms with Crippen molar-refractivity contribution in [3.63, 3.8) is 0 Å². The molecule has 6 nitrogen and oxygen atoms in total. The molecule has 0 atom stereocenters. The fourth-order valence-electron chi connectivity index (χ4n) is 1.81. The van der Waals surface area contributed by atoms with Crippen molar-refractivity contribution in [1.29, 1.82) is 0 Å². The number of methoxy groups -OCH3 is 1. The second-order valence-electron chi connectivity index (χ2n) is 3.75. The number of rotatable bonds is 2. The van der Waals surface area contributed by atoms with Crippen LogP contribution in [-0.4, -0.2) is 27.1 Å². The Hall–Kier alpha value is -2.63. The standard InChI is InChI=1S/C12H10N4O2/c1-18-10-5-3-2-4-9(10)16-7-8-6-13-14-12(17)11(8)15-16/h2-7H,1H3,(H,14,17). The number of nitrogens with zero attached hydrogens (tertiary/aromatic N) is 3. The molecule has 3 rings (SSSR count). The van der Waals surface area contributed by atoms with E-state index in [1.54, 1.807) is 24.2 Å². The summed E-state index contributed by atoms with van der Waals surface area (Å²) in [5.41, 5.74) is 0.827. The number of nitrogens with one attached hydrogen (secondary N) is 1. The molecule has 0 aliphatic carbocycles. The van der Waals surface area contributed by atoms with Crippen LogP contribution in [0.3, 0.4) is 0 Å². The summed E-state index contributed by atoms with van der Waals surface area (Å²) in [4.78, 5) is 11.6. The van der Waals surface area contributed by atoms with E-state index in [0.717, 1.165) is 5.69 Å². The van der Waals surface area contributed by atoms with Gasteiger partial charge in [-0.15, -0.1) is 0 Å². The first-order chi connectivity index (χ1) is 8.79. The summed E-state index contributed by atoms with van der Waals surface area (Å²) in [6.07, 6.45) is 3.31. The van der Waals surface area contributed by atoms with Crippen molar-refractivity contribution < 1.29 is 4.74 Å². The summed E-state index contributed by atoms with van der Waals surface area (Å²) in [5, 5.41) is 11.0. The largest absolute Gasteiger partial charge is 0.494 e. The molecule has 1 N–H and O–H groups in total. The van der Waals surface area contributed by atoms with Gasteiger partial charge in [-0.2, -0.15) is 10.2 Å². The lowest BCUT2D eigenvalue weighted by atomic mass is 10.3. The first kappa shape index (κ1) is 10.5. The molecule has 0 saturated heterocycles. The van der Waals surface area contributed by atoms with Gasteiger partial charge in [-0.05, 0) is 12.1 Å². The maximum Gasteiger partial charge on any atom is 0.292 e. The highest BCUT2D eigenvalue weighted by Gasteiger charge is 2.09. The zero-order valence-electron chi connectivity index (χ0n) is 9.62. The van der Waals surface area contributed by atoms with Gasteiger partial charge in [0, 0.05) is 11.6 Å². The first-order valence-corrected chi connectivity index (χ1v) is 5.36. The average Bonchev–Trinajstić information content (AvgIpc) is 2.84. The Morgan fingerprint density at radius 3 is 2.94 bits per heavy atom. The van der Waals surface area contributed by atoms with Gasteiger partial charge < -0.3 is 4.74 Å². The van der Waals surface area contributed by atoms with Crippen molar-refractivity contribution >= 4 is 10.9 Å². The van der Waals surface area contributed by atoms with Crippen LogP contribution < -0.4 is 10.3 Å². The van der Waals surface area contributed by atoms with Crippen LogP contribution in [0.1, 0.15) is 0 Å². The van der Waals surface area contributed by atoms with Crippen molar-refractivity contribution in [3.8, 4) is 11.4 Å². The number of aromatic amines is 1. The number of H-pyrrole nitrogens is 1. The number of ether oxygens (including phenoxy) is 1. The SMILES string of the molecule is COc1ccccc1-n1cc2cn[nH]c(=O)c2n1. The summed E-state index contributed by atoms with van der Waals surface area (Å²) in [7, 11) is 1.59. The van der Waals surface area contributed by atoms with Gasteiger partial charge >= 0.3 is 0 Å². The fraction of sp³-hybridized carbons (Fsp3) is 0.0833. The van der Waals surface area contributed by atoms with Gasteiger partial charge in [0.25, 0.3) is 5.56 Å². The monoisotopic (exact) mass is 242 g/mol. The highest BCUT2D eigenvalue weighted by atomic mass is 16.5. The van der Waals surface area contributed by atoms with Crippen LogP contribution in [0.25, 0.3) is 16.6 Å². The summed E-state index contributed by atoms with van der Waals surface area (Å²) >= 11 is 0. The molecule has 0 aliphatic rings. The summed E-state index contributed by atoms with van der Waals surface area (Å²) in [6.45, 7) is 0. The summed E-state index contributed by atoms with van der Waals surface area (Å²) in [6, 6.07) is 7.46. The Morgan fingerprint density at radius 1 is 1.33 bits per heavy atom. The molecule has 0 amide bonds. The van der Waals surface area contributed by atoms with Crippen molar-refractivity contribution in [1.82, 2.24) is 20.0 Å². The molecular weight excluding hydrogens is 232 g/mol. The molecule has 0 radical (unpaired) electrons. The molecule has 0 bridgehead atoms. The van der Waals surface area contributed by atoms with Crippen molar-refractivity contribution in [3.05, 3.63) is 47.0 Å². The van der Waals surface area contributed by atoms with Gasteiger partial charge in [-0.3, -0.25) is 4.79 Å². The highest BCUT2D eigenvalue weighted by molar-refractivity contribution is 5.76. The van der Waals surface area contributed by atoms with Gasteiger partial charge in [0.15, 0.2) is 5.52 Å². The summed E-state index contributed by atoms with van der Waals surface area (Å²) < 4.78 is 6.88. The number of hydrogen-bond donors (Lipinski definition) is 1. The second kappa shape index (κ2) is 3.99. The van der Waals surface area contributed by atoms with Crippen molar-refractivity contribution in [2.75, 3.05) is 7.11 Å². The Morgan fingerprint density at radius 2 is 2.17 bits per heavy atom. The molecule has 90 valence electrons. The topological polar surface area (TPSA) is 72.8 Å². The molecule has 18 heavy (non-hydrogen) atoms. The van der Waals surface area contributed by atoms with Crippen LogP contribution in [0.15, 0.2) is 41.5 Å². The molecule has 1 aromatic carbocycles. The fourth-order valence-corrected chi connectivity index (χ4v) is 1.81. The predicted octanol–water partition coefficient (Wildman–Crippen LogP) is 1.12. The number of benzene rings is 1. The van der Waals surface area contributed by atoms with E-state index < -0.39 is 0 Å². The zero-order valence-corrected chi connectivity index (χ0v) is 9.62. The third-order valence-electron chi connectivity index (χ3n) is 2.66. The molecule has 0 unspecified atom stereocenters. The molecule has 0 fully saturated rings. The van der Waals surface area contributed by atoms with Crippen LogP contribution in [-0.2, 0) is 0 Å². The molecule has 3 aromatic rings. The summed E-state index contributed by atoms with van der Waals surface area (Å²) in [5.74, 6) is 0.690. The van der Waals surface area contributed by atoms with Crippen LogP contribution >= 0.6 is 0 Å². The van der Waals surface area contributed by atoms with Crippen LogP contribution in [0, 0.1) is 0 Å². The lowest BCUT2D eigenvalue weighted by Gasteiger charge is -2.06. The number of hydrogen-bond acceptors (Lipinski definition) is 4. The molecule has 2 heterocycles. The minimum Gasteiger partial charge on any atom is -0.494 e. The average molecular weight is 242 g/mol. The van der Waals surface area contributed by atoms with Crippen molar-refractivity contribution in [2.45, 2.75) is 0 Å². The Bertz CT molecular complexity index is 760. The molecule has 0 saturated carbocycles. The van der Waals surface area contributed by atoms with E-state index >= 15 is 0 Å². The second-order valence-corrected chi connectivity index (χ2v) is 3.75. The molecule has 0 aliphatic heterocycles. The number of aromatic nitrogens is 4. The van der Waals surface area contributed by atoms with Gasteiger partial charge in [-0.25, -0.2) is 9.78 Å². The zero-order chi connectivity index (χ0) is 12.5. The normalized spacial score (nSPS) is 10.7. The van der Waals surface area contributed by atoms with Gasteiger partial charge in [0.05, 0.1) is 13.3 Å². The minimum absolute atomic E-state index is 0.304. The lowest BCUT2D eigenvalue weighted by Crippen LogP contribution is -2.07. The molecule has 2 aromatic heterocycles. The van der Waals surface area contributed by atoms with E-state index in [2.05, 4.69) is 15.3 Å². The van der Waals surface area contributed by atoms with Gasteiger partial charge in [0.2, 0.25) is 0 Å². The number of fused-ring (bicyclic) bond motifs is 1. The van der Waals surface area contributed by atoms with Crippen LogP contribution in [0.5, 0.6) is 5.75 Å². The number of para-hydroxylation sites is 2.